The van der Waals surface area contributed by atoms with Gasteiger partial charge in [-0.1, -0.05) is 12.1 Å². The second-order valence-electron chi connectivity index (χ2n) is 5.03. The van der Waals surface area contributed by atoms with E-state index in [4.69, 9.17) is 4.74 Å². The van der Waals surface area contributed by atoms with Gasteiger partial charge in [-0.15, -0.1) is 11.8 Å². The van der Waals surface area contributed by atoms with Gasteiger partial charge in [0.05, 0.1) is 7.11 Å². The third-order valence-corrected chi connectivity index (χ3v) is 3.44. The lowest BCUT2D eigenvalue weighted by atomic mass is 10.1. The van der Waals surface area contributed by atoms with E-state index in [2.05, 4.69) is 38.2 Å². The molecule has 0 saturated heterocycles. The van der Waals surface area contributed by atoms with Crippen LogP contribution in [0.3, 0.4) is 0 Å². The standard InChI is InChI=1S/C14H23NOS/c1-14(2,3)15-10-7-11-17-13-9-6-5-8-12(13)16-4/h5-6,8-9,15H,7,10-11H2,1-4H3. The second kappa shape index (κ2) is 6.92. The van der Waals surface area contributed by atoms with E-state index in [1.165, 1.54) is 11.3 Å². The second-order valence-corrected chi connectivity index (χ2v) is 6.17. The molecule has 0 aliphatic heterocycles. The molecule has 0 bridgehead atoms. The average molecular weight is 253 g/mol. The van der Waals surface area contributed by atoms with Crippen LogP contribution in [0.5, 0.6) is 5.75 Å². The Morgan fingerprint density at radius 1 is 1.24 bits per heavy atom. The summed E-state index contributed by atoms with van der Waals surface area (Å²) in [5.41, 5.74) is 0.217. The van der Waals surface area contributed by atoms with Gasteiger partial charge in [-0.3, -0.25) is 0 Å². The first-order valence-electron chi connectivity index (χ1n) is 6.04. The van der Waals surface area contributed by atoms with Crippen molar-refractivity contribution >= 4 is 11.8 Å². The minimum atomic E-state index is 0.217. The molecular weight excluding hydrogens is 230 g/mol. The highest BCUT2D eigenvalue weighted by molar-refractivity contribution is 7.99. The van der Waals surface area contributed by atoms with Crippen LogP contribution >= 0.6 is 11.8 Å². The van der Waals surface area contributed by atoms with Crippen LogP contribution in [0.2, 0.25) is 0 Å². The molecule has 3 heteroatoms. The van der Waals surface area contributed by atoms with Gasteiger partial charge < -0.3 is 10.1 Å². The summed E-state index contributed by atoms with van der Waals surface area (Å²) < 4.78 is 5.32. The Kier molecular flexibility index (Phi) is 5.86. The Balaban J connectivity index is 2.27. The molecule has 1 N–H and O–H groups in total. The molecular formula is C14H23NOS. The maximum Gasteiger partial charge on any atom is 0.132 e. The third kappa shape index (κ3) is 5.99. The van der Waals surface area contributed by atoms with Crippen LogP contribution in [0.25, 0.3) is 0 Å². The Labute approximate surface area is 109 Å². The van der Waals surface area contributed by atoms with Gasteiger partial charge in [0, 0.05) is 10.4 Å². The smallest absolute Gasteiger partial charge is 0.132 e. The van der Waals surface area contributed by atoms with Crippen LogP contribution in [0.1, 0.15) is 27.2 Å². The summed E-state index contributed by atoms with van der Waals surface area (Å²) in [6.45, 7) is 7.65. The highest BCUT2D eigenvalue weighted by Crippen LogP contribution is 2.28. The zero-order valence-electron chi connectivity index (χ0n) is 11.2. The monoisotopic (exact) mass is 253 g/mol. The third-order valence-electron chi connectivity index (χ3n) is 2.30. The Morgan fingerprint density at radius 3 is 2.59 bits per heavy atom. The van der Waals surface area contributed by atoms with Crippen molar-refractivity contribution in [3.8, 4) is 5.75 Å². The van der Waals surface area contributed by atoms with E-state index >= 15 is 0 Å². The molecule has 0 fully saturated rings. The average Bonchev–Trinajstić information content (AvgIpc) is 2.27. The zero-order valence-corrected chi connectivity index (χ0v) is 12.1. The number of benzene rings is 1. The molecule has 2 nitrogen and oxygen atoms in total. The summed E-state index contributed by atoms with van der Waals surface area (Å²) in [6, 6.07) is 8.18. The minimum Gasteiger partial charge on any atom is -0.496 e. The van der Waals surface area contributed by atoms with Crippen molar-refractivity contribution in [1.82, 2.24) is 5.32 Å². The van der Waals surface area contributed by atoms with Gasteiger partial charge in [0.2, 0.25) is 0 Å². The molecule has 96 valence electrons. The SMILES string of the molecule is COc1ccccc1SCCCNC(C)(C)C. The molecule has 0 spiro atoms. The number of methoxy groups -OCH3 is 1. The van der Waals surface area contributed by atoms with E-state index in [9.17, 15) is 0 Å². The van der Waals surface area contributed by atoms with Crippen LogP contribution < -0.4 is 10.1 Å². The van der Waals surface area contributed by atoms with E-state index in [-0.39, 0.29) is 5.54 Å². The normalized spacial score (nSPS) is 11.5. The first kappa shape index (κ1) is 14.4. The van der Waals surface area contributed by atoms with Crippen LogP contribution in [0.15, 0.2) is 29.2 Å². The number of para-hydroxylation sites is 1. The van der Waals surface area contributed by atoms with Crippen molar-refractivity contribution in [2.75, 3.05) is 19.4 Å². The zero-order chi connectivity index (χ0) is 12.7. The van der Waals surface area contributed by atoms with Gasteiger partial charge in [0.1, 0.15) is 5.75 Å². The van der Waals surface area contributed by atoms with Gasteiger partial charge in [-0.25, -0.2) is 0 Å². The van der Waals surface area contributed by atoms with Crippen LogP contribution in [0, 0.1) is 0 Å². The van der Waals surface area contributed by atoms with E-state index in [1.807, 2.05) is 23.9 Å². The fourth-order valence-corrected chi connectivity index (χ4v) is 2.43. The van der Waals surface area contributed by atoms with Gasteiger partial charge in [0.25, 0.3) is 0 Å². The molecule has 0 atom stereocenters. The molecule has 1 aromatic rings. The summed E-state index contributed by atoms with van der Waals surface area (Å²) in [5, 5.41) is 3.49. The lowest BCUT2D eigenvalue weighted by Crippen LogP contribution is -2.36. The number of thioether (sulfide) groups is 1. The number of ether oxygens (including phenoxy) is 1. The van der Waals surface area contributed by atoms with Gasteiger partial charge >= 0.3 is 0 Å². The van der Waals surface area contributed by atoms with Crippen molar-refractivity contribution in [3.63, 3.8) is 0 Å². The number of rotatable bonds is 6. The predicted molar refractivity (Wildman–Crippen MR) is 76.1 cm³/mol. The molecule has 1 rings (SSSR count). The molecule has 0 amide bonds. The van der Waals surface area contributed by atoms with E-state index < -0.39 is 0 Å². The molecule has 0 heterocycles. The summed E-state index contributed by atoms with van der Waals surface area (Å²) in [7, 11) is 1.72. The first-order valence-corrected chi connectivity index (χ1v) is 7.02. The molecule has 0 aliphatic carbocycles. The predicted octanol–water partition coefficient (Wildman–Crippen LogP) is 3.57. The summed E-state index contributed by atoms with van der Waals surface area (Å²) in [4.78, 5) is 1.23. The number of hydrogen-bond donors (Lipinski definition) is 1. The fourth-order valence-electron chi connectivity index (χ4n) is 1.46. The summed E-state index contributed by atoms with van der Waals surface area (Å²) in [6.07, 6.45) is 1.17. The Hall–Kier alpha value is -0.670. The molecule has 0 aliphatic rings. The first-order chi connectivity index (χ1) is 8.03. The number of nitrogens with one attached hydrogen (secondary N) is 1. The summed E-state index contributed by atoms with van der Waals surface area (Å²) in [5.74, 6) is 2.09. The molecule has 0 radical (unpaired) electrons. The maximum atomic E-state index is 5.32. The largest absolute Gasteiger partial charge is 0.496 e. The Morgan fingerprint density at radius 2 is 1.94 bits per heavy atom. The van der Waals surface area contributed by atoms with Crippen molar-refractivity contribution in [1.29, 1.82) is 0 Å². The lowest BCUT2D eigenvalue weighted by molar-refractivity contribution is 0.404. The highest BCUT2D eigenvalue weighted by Gasteiger charge is 2.07. The van der Waals surface area contributed by atoms with E-state index in [1.54, 1.807) is 7.11 Å². The topological polar surface area (TPSA) is 21.3 Å². The van der Waals surface area contributed by atoms with Gasteiger partial charge in [-0.2, -0.15) is 0 Å². The molecule has 17 heavy (non-hydrogen) atoms. The molecule has 1 aromatic carbocycles. The van der Waals surface area contributed by atoms with Crippen molar-refractivity contribution < 1.29 is 4.74 Å². The maximum absolute atomic E-state index is 5.32. The Bertz CT molecular complexity index is 333. The van der Waals surface area contributed by atoms with Crippen molar-refractivity contribution in [2.45, 2.75) is 37.6 Å². The van der Waals surface area contributed by atoms with E-state index in [0.29, 0.717) is 0 Å². The van der Waals surface area contributed by atoms with Gasteiger partial charge in [0.15, 0.2) is 0 Å². The number of hydrogen-bond acceptors (Lipinski definition) is 3. The van der Waals surface area contributed by atoms with Crippen LogP contribution in [-0.2, 0) is 0 Å². The molecule has 0 unspecified atom stereocenters. The van der Waals surface area contributed by atoms with Crippen molar-refractivity contribution in [3.05, 3.63) is 24.3 Å². The molecule has 0 aromatic heterocycles. The molecule has 0 saturated carbocycles. The summed E-state index contributed by atoms with van der Waals surface area (Å²) >= 11 is 1.86. The highest BCUT2D eigenvalue weighted by atomic mass is 32.2. The fraction of sp³-hybridized carbons (Fsp3) is 0.571. The van der Waals surface area contributed by atoms with Gasteiger partial charge in [-0.05, 0) is 51.6 Å². The quantitative estimate of drug-likeness (QED) is 0.618. The van der Waals surface area contributed by atoms with Crippen LogP contribution in [0.4, 0.5) is 0 Å². The van der Waals surface area contributed by atoms with Crippen LogP contribution in [-0.4, -0.2) is 24.9 Å². The minimum absolute atomic E-state index is 0.217. The van der Waals surface area contributed by atoms with Crippen molar-refractivity contribution in [2.24, 2.45) is 0 Å². The van der Waals surface area contributed by atoms with E-state index in [0.717, 1.165) is 18.0 Å². The lowest BCUT2D eigenvalue weighted by Gasteiger charge is -2.20.